The van der Waals surface area contributed by atoms with Crippen molar-refractivity contribution in [3.63, 3.8) is 0 Å². The first-order valence-corrected chi connectivity index (χ1v) is 4.43. The minimum Gasteiger partial charge on any atom is -0.284 e. The zero-order valence-corrected chi connectivity index (χ0v) is 7.46. The van der Waals surface area contributed by atoms with Gasteiger partial charge in [0.05, 0.1) is 12.2 Å². The molecule has 3 rings (SSSR count). The Morgan fingerprint density at radius 2 is 2.14 bits per heavy atom. The molecule has 68 valence electrons. The standard InChI is InChI=1S/C10H8N4/c1-2-4-9-8(3-1)5-11-6-10-13-12-7-14(9)10/h1-5,7H,6H2. The number of fused-ring (bicyclic) bond motifs is 3. The van der Waals surface area contributed by atoms with Gasteiger partial charge in [0.25, 0.3) is 0 Å². The molecule has 4 nitrogen and oxygen atoms in total. The molecule has 0 amide bonds. The molecule has 0 saturated carbocycles. The smallest absolute Gasteiger partial charge is 0.159 e. The molecular formula is C10H8N4. The average Bonchev–Trinajstić information content (AvgIpc) is 2.61. The van der Waals surface area contributed by atoms with Gasteiger partial charge in [-0.25, -0.2) is 0 Å². The van der Waals surface area contributed by atoms with Crippen molar-refractivity contribution < 1.29 is 0 Å². The van der Waals surface area contributed by atoms with Crippen LogP contribution in [0, 0.1) is 0 Å². The number of hydrogen-bond acceptors (Lipinski definition) is 3. The molecule has 4 heteroatoms. The first-order valence-electron chi connectivity index (χ1n) is 4.43. The zero-order chi connectivity index (χ0) is 9.38. The molecule has 0 saturated heterocycles. The van der Waals surface area contributed by atoms with Gasteiger partial charge in [0.2, 0.25) is 0 Å². The van der Waals surface area contributed by atoms with Crippen molar-refractivity contribution in [2.24, 2.45) is 4.99 Å². The third-order valence-electron chi connectivity index (χ3n) is 2.28. The van der Waals surface area contributed by atoms with E-state index in [0.29, 0.717) is 6.54 Å². The molecule has 2 aromatic rings. The van der Waals surface area contributed by atoms with E-state index in [1.54, 1.807) is 6.33 Å². The van der Waals surface area contributed by atoms with Gasteiger partial charge in [-0.2, -0.15) is 0 Å². The maximum atomic E-state index is 4.28. The molecule has 1 aliphatic rings. The van der Waals surface area contributed by atoms with Gasteiger partial charge >= 0.3 is 0 Å². The van der Waals surface area contributed by atoms with Crippen molar-refractivity contribution in [2.75, 3.05) is 0 Å². The van der Waals surface area contributed by atoms with E-state index >= 15 is 0 Å². The molecule has 2 heterocycles. The van der Waals surface area contributed by atoms with Gasteiger partial charge in [-0.05, 0) is 6.07 Å². The molecule has 0 fully saturated rings. The topological polar surface area (TPSA) is 43.1 Å². The SMILES string of the molecule is C1=NCc2nncn2-c2ccccc21. The highest BCUT2D eigenvalue weighted by molar-refractivity contribution is 5.85. The van der Waals surface area contributed by atoms with Crippen molar-refractivity contribution in [2.45, 2.75) is 6.54 Å². The Hall–Kier alpha value is -1.97. The van der Waals surface area contributed by atoms with Gasteiger partial charge in [0.15, 0.2) is 5.82 Å². The van der Waals surface area contributed by atoms with Crippen LogP contribution in [0.25, 0.3) is 5.69 Å². The summed E-state index contributed by atoms with van der Waals surface area (Å²) < 4.78 is 1.97. The Morgan fingerprint density at radius 1 is 1.21 bits per heavy atom. The van der Waals surface area contributed by atoms with Crippen LogP contribution in [0.5, 0.6) is 0 Å². The van der Waals surface area contributed by atoms with Crippen molar-refractivity contribution in [1.29, 1.82) is 0 Å². The largest absolute Gasteiger partial charge is 0.284 e. The summed E-state index contributed by atoms with van der Waals surface area (Å²) in [5.74, 6) is 0.881. The van der Waals surface area contributed by atoms with Crippen LogP contribution in [-0.2, 0) is 6.54 Å². The minimum absolute atomic E-state index is 0.592. The van der Waals surface area contributed by atoms with Crippen LogP contribution in [0.3, 0.4) is 0 Å². The molecule has 0 N–H and O–H groups in total. The fourth-order valence-corrected chi connectivity index (χ4v) is 1.61. The summed E-state index contributed by atoms with van der Waals surface area (Å²) in [6.07, 6.45) is 3.60. The first kappa shape index (κ1) is 7.44. The van der Waals surface area contributed by atoms with E-state index in [9.17, 15) is 0 Å². The van der Waals surface area contributed by atoms with Crippen molar-refractivity contribution in [3.8, 4) is 5.69 Å². The third kappa shape index (κ3) is 0.970. The maximum Gasteiger partial charge on any atom is 0.159 e. The second kappa shape index (κ2) is 2.77. The molecule has 14 heavy (non-hydrogen) atoms. The molecule has 0 radical (unpaired) electrons. The van der Waals surface area contributed by atoms with Gasteiger partial charge in [-0.15, -0.1) is 10.2 Å². The Kier molecular flexibility index (Phi) is 1.47. The molecule has 0 aliphatic carbocycles. The lowest BCUT2D eigenvalue weighted by Gasteiger charge is -2.04. The van der Waals surface area contributed by atoms with Crippen molar-refractivity contribution >= 4 is 6.21 Å². The van der Waals surface area contributed by atoms with Crippen LogP contribution in [0.2, 0.25) is 0 Å². The van der Waals surface area contributed by atoms with Crippen LogP contribution >= 0.6 is 0 Å². The van der Waals surface area contributed by atoms with E-state index in [1.807, 2.05) is 35.0 Å². The predicted molar refractivity (Wildman–Crippen MR) is 52.7 cm³/mol. The number of nitrogens with zero attached hydrogens (tertiary/aromatic N) is 4. The Balaban J connectivity index is 2.34. The summed E-state index contributed by atoms with van der Waals surface area (Å²) in [4.78, 5) is 4.28. The van der Waals surface area contributed by atoms with E-state index < -0.39 is 0 Å². The second-order valence-corrected chi connectivity index (χ2v) is 3.15. The number of para-hydroxylation sites is 1. The quantitative estimate of drug-likeness (QED) is 0.617. The molecule has 1 aromatic heterocycles. The lowest BCUT2D eigenvalue weighted by Crippen LogP contribution is -1.99. The molecule has 0 spiro atoms. The number of benzene rings is 1. The zero-order valence-electron chi connectivity index (χ0n) is 7.46. The minimum atomic E-state index is 0.592. The molecule has 0 atom stereocenters. The summed E-state index contributed by atoms with van der Waals surface area (Å²) >= 11 is 0. The second-order valence-electron chi connectivity index (χ2n) is 3.15. The average molecular weight is 184 g/mol. The van der Waals surface area contributed by atoms with Crippen molar-refractivity contribution in [3.05, 3.63) is 42.0 Å². The van der Waals surface area contributed by atoms with Gasteiger partial charge in [-0.1, -0.05) is 18.2 Å². The van der Waals surface area contributed by atoms with Crippen LogP contribution in [0.1, 0.15) is 11.4 Å². The summed E-state index contributed by atoms with van der Waals surface area (Å²) in [7, 11) is 0. The monoisotopic (exact) mass is 184 g/mol. The number of rotatable bonds is 0. The van der Waals surface area contributed by atoms with E-state index in [1.165, 1.54) is 0 Å². The summed E-state index contributed by atoms with van der Waals surface area (Å²) in [5.41, 5.74) is 2.19. The summed E-state index contributed by atoms with van der Waals surface area (Å²) in [6, 6.07) is 8.08. The van der Waals surface area contributed by atoms with Crippen LogP contribution in [0.4, 0.5) is 0 Å². The Bertz CT molecular complexity index is 498. The molecule has 0 bridgehead atoms. The molecule has 1 aliphatic heterocycles. The highest BCUT2D eigenvalue weighted by atomic mass is 15.3. The van der Waals surface area contributed by atoms with E-state index in [4.69, 9.17) is 0 Å². The lowest BCUT2D eigenvalue weighted by molar-refractivity contribution is 0.871. The van der Waals surface area contributed by atoms with E-state index in [2.05, 4.69) is 15.2 Å². The number of aromatic nitrogens is 3. The van der Waals surface area contributed by atoms with Crippen molar-refractivity contribution in [1.82, 2.24) is 14.8 Å². The fraction of sp³-hybridized carbons (Fsp3) is 0.100. The molecular weight excluding hydrogens is 176 g/mol. The van der Waals surface area contributed by atoms with E-state index in [-0.39, 0.29) is 0 Å². The normalized spacial score (nSPS) is 13.1. The molecule has 0 unspecified atom stereocenters. The highest BCUT2D eigenvalue weighted by Crippen LogP contribution is 2.16. The van der Waals surface area contributed by atoms with Crippen LogP contribution < -0.4 is 0 Å². The van der Waals surface area contributed by atoms with Gasteiger partial charge in [-0.3, -0.25) is 9.56 Å². The highest BCUT2D eigenvalue weighted by Gasteiger charge is 2.10. The third-order valence-corrected chi connectivity index (χ3v) is 2.28. The molecule has 1 aromatic carbocycles. The number of hydrogen-bond donors (Lipinski definition) is 0. The summed E-state index contributed by atoms with van der Waals surface area (Å²) in [6.45, 7) is 0.592. The summed E-state index contributed by atoms with van der Waals surface area (Å²) in [5, 5.41) is 7.90. The fourth-order valence-electron chi connectivity index (χ4n) is 1.61. The van der Waals surface area contributed by atoms with Gasteiger partial charge < -0.3 is 0 Å². The van der Waals surface area contributed by atoms with Crippen LogP contribution in [-0.4, -0.2) is 21.0 Å². The van der Waals surface area contributed by atoms with E-state index in [0.717, 1.165) is 17.1 Å². The van der Waals surface area contributed by atoms with Crippen LogP contribution in [0.15, 0.2) is 35.6 Å². The lowest BCUT2D eigenvalue weighted by atomic mass is 10.2. The maximum absolute atomic E-state index is 4.28. The van der Waals surface area contributed by atoms with Gasteiger partial charge in [0.1, 0.15) is 6.33 Å². The first-order chi connectivity index (χ1) is 6.95. The van der Waals surface area contributed by atoms with Gasteiger partial charge in [0, 0.05) is 11.8 Å². The Labute approximate surface area is 80.9 Å². The number of aliphatic imine (C=N–C) groups is 1. The predicted octanol–water partition coefficient (Wildman–Crippen LogP) is 1.20. The Morgan fingerprint density at radius 3 is 3.14 bits per heavy atom.